The molecule has 3 heterocycles. The summed E-state index contributed by atoms with van der Waals surface area (Å²) in [5.74, 6) is -1.95. The van der Waals surface area contributed by atoms with Gasteiger partial charge in [0.05, 0.1) is 18.7 Å². The maximum absolute atomic E-state index is 12.7. The van der Waals surface area contributed by atoms with Crippen molar-refractivity contribution in [2.45, 2.75) is 30.9 Å². The number of hydrogen-bond acceptors (Lipinski definition) is 5. The minimum Gasteiger partial charge on any atom is -0.478 e. The van der Waals surface area contributed by atoms with Crippen LogP contribution in [0.15, 0.2) is 29.4 Å². The molecule has 0 saturated carbocycles. The lowest BCUT2D eigenvalue weighted by atomic mass is 10.1. The van der Waals surface area contributed by atoms with Crippen molar-refractivity contribution in [3.05, 3.63) is 35.5 Å². The van der Waals surface area contributed by atoms with Gasteiger partial charge in [-0.1, -0.05) is 6.08 Å². The second-order valence-electron chi connectivity index (χ2n) is 6.21. The first-order valence-electron chi connectivity index (χ1n) is 7.98. The predicted octanol–water partition coefficient (Wildman–Crippen LogP) is 3.29. The van der Waals surface area contributed by atoms with Crippen LogP contribution < -0.4 is 4.90 Å². The van der Waals surface area contributed by atoms with Crippen molar-refractivity contribution in [3.63, 3.8) is 0 Å². The molecule has 1 N–H and O–H groups in total. The summed E-state index contributed by atoms with van der Waals surface area (Å²) in [5, 5.41) is 9.16. The van der Waals surface area contributed by atoms with Crippen LogP contribution in [0.1, 0.15) is 22.3 Å². The number of carbonyl (C=O) groups is 1. The first-order valence-corrected chi connectivity index (χ1v) is 7.98. The zero-order valence-electron chi connectivity index (χ0n) is 14.0. The molecule has 1 saturated heterocycles. The van der Waals surface area contributed by atoms with E-state index in [1.807, 2.05) is 0 Å². The molecule has 0 bridgehead atoms. The predicted molar refractivity (Wildman–Crippen MR) is 84.3 cm³/mol. The fourth-order valence-corrected chi connectivity index (χ4v) is 2.70. The Morgan fingerprint density at radius 1 is 1.21 bits per heavy atom. The molecule has 1 atom stereocenters. The number of aromatic carboxylic acids is 1. The highest BCUT2D eigenvalue weighted by molar-refractivity contribution is 5.94. The average molecular weight is 409 g/mol. The van der Waals surface area contributed by atoms with Crippen LogP contribution in [0.2, 0.25) is 0 Å². The number of pyridine rings is 1. The lowest BCUT2D eigenvalue weighted by molar-refractivity contribution is -0.146. The van der Waals surface area contributed by atoms with Crippen molar-refractivity contribution < 1.29 is 41.0 Å². The molecule has 152 valence electrons. The Morgan fingerprint density at radius 3 is 2.46 bits per heavy atom. The van der Waals surface area contributed by atoms with Crippen LogP contribution in [-0.2, 0) is 10.9 Å². The number of carboxylic acids is 1. The third-order valence-electron chi connectivity index (χ3n) is 4.14. The molecule has 0 amide bonds. The highest BCUT2D eigenvalue weighted by Crippen LogP contribution is 2.33. The number of hydrogen-bond donors (Lipinski definition) is 1. The number of nitrogens with zero attached hydrogens (tertiary/aromatic N) is 3. The number of aromatic nitrogens is 1. The fraction of sp³-hybridized carbons (Fsp3) is 0.438. The van der Waals surface area contributed by atoms with Crippen molar-refractivity contribution in [1.29, 1.82) is 0 Å². The second kappa shape index (κ2) is 6.99. The van der Waals surface area contributed by atoms with E-state index in [1.165, 1.54) is 17.1 Å². The van der Waals surface area contributed by atoms with E-state index in [9.17, 15) is 31.1 Å². The fourth-order valence-electron chi connectivity index (χ4n) is 2.70. The number of dihydropyridines is 1. The van der Waals surface area contributed by atoms with Crippen molar-refractivity contribution >= 4 is 17.7 Å². The van der Waals surface area contributed by atoms with Crippen LogP contribution in [0.3, 0.4) is 0 Å². The van der Waals surface area contributed by atoms with Gasteiger partial charge in [0.25, 0.3) is 0 Å². The molecule has 12 heteroatoms. The molecule has 28 heavy (non-hydrogen) atoms. The molecule has 1 unspecified atom stereocenters. The van der Waals surface area contributed by atoms with Crippen molar-refractivity contribution in [1.82, 2.24) is 4.98 Å². The third kappa shape index (κ3) is 4.20. The highest BCUT2D eigenvalue weighted by atomic mass is 19.4. The Labute approximate surface area is 154 Å². The number of carboxylic acid groups (broad SMARTS) is 1. The smallest absolute Gasteiger partial charge is 0.417 e. The number of alkyl halides is 6. The molecule has 2 aliphatic heterocycles. The maximum atomic E-state index is 12.7. The van der Waals surface area contributed by atoms with Gasteiger partial charge in [-0.05, 0) is 18.6 Å². The summed E-state index contributed by atoms with van der Waals surface area (Å²) in [6, 6.07) is -1.40. The Hall–Kier alpha value is -2.79. The zero-order valence-corrected chi connectivity index (χ0v) is 14.0. The van der Waals surface area contributed by atoms with Crippen molar-refractivity contribution in [3.8, 4) is 0 Å². The van der Waals surface area contributed by atoms with Gasteiger partial charge in [-0.25, -0.2) is 14.8 Å². The molecule has 3 rings (SSSR count). The zero-order chi connectivity index (χ0) is 20.7. The summed E-state index contributed by atoms with van der Waals surface area (Å²) in [7, 11) is 0. The van der Waals surface area contributed by atoms with E-state index in [1.54, 1.807) is 0 Å². The van der Waals surface area contributed by atoms with E-state index in [4.69, 9.17) is 9.84 Å². The van der Waals surface area contributed by atoms with Gasteiger partial charge >= 0.3 is 18.3 Å². The quantitative estimate of drug-likeness (QED) is 0.776. The Bertz CT molecular complexity index is 828. The first-order chi connectivity index (χ1) is 12.9. The first kappa shape index (κ1) is 20.0. The van der Waals surface area contributed by atoms with E-state index >= 15 is 0 Å². The van der Waals surface area contributed by atoms with E-state index in [0.717, 1.165) is 0 Å². The Kier molecular flexibility index (Phi) is 4.98. The maximum Gasteiger partial charge on any atom is 0.417 e. The minimum absolute atomic E-state index is 0.0438. The van der Waals surface area contributed by atoms with Crippen LogP contribution >= 0.6 is 0 Å². The largest absolute Gasteiger partial charge is 0.478 e. The van der Waals surface area contributed by atoms with Gasteiger partial charge in [0, 0.05) is 6.20 Å². The highest BCUT2D eigenvalue weighted by Gasteiger charge is 2.41. The minimum atomic E-state index is -4.74. The average Bonchev–Trinajstić information content (AvgIpc) is 2.56. The lowest BCUT2D eigenvalue weighted by Crippen LogP contribution is -2.54. The summed E-state index contributed by atoms with van der Waals surface area (Å²) >= 11 is 0. The molecule has 1 fully saturated rings. The van der Waals surface area contributed by atoms with Gasteiger partial charge in [-0.2, -0.15) is 26.3 Å². The molecule has 2 aliphatic rings. The van der Waals surface area contributed by atoms with Crippen molar-refractivity contribution in [2.24, 2.45) is 4.99 Å². The summed E-state index contributed by atoms with van der Waals surface area (Å²) < 4.78 is 81.7. The van der Waals surface area contributed by atoms with Gasteiger partial charge in [0.15, 0.2) is 6.04 Å². The molecule has 6 nitrogen and oxygen atoms in total. The van der Waals surface area contributed by atoms with Gasteiger partial charge in [0.1, 0.15) is 17.5 Å². The molecule has 0 aliphatic carbocycles. The summed E-state index contributed by atoms with van der Waals surface area (Å²) in [6.45, 7) is 0.0877. The van der Waals surface area contributed by atoms with Gasteiger partial charge in [0.2, 0.25) is 5.90 Å². The van der Waals surface area contributed by atoms with Gasteiger partial charge < -0.3 is 14.7 Å². The van der Waals surface area contributed by atoms with Crippen LogP contribution in [0.4, 0.5) is 32.2 Å². The third-order valence-corrected chi connectivity index (χ3v) is 4.14. The number of halogens is 6. The number of aliphatic imine (C=N–C) groups is 1. The molecular weight excluding hydrogens is 396 g/mol. The number of rotatable bonds is 3. The van der Waals surface area contributed by atoms with Crippen LogP contribution in [0.5, 0.6) is 0 Å². The standard InChI is InChI=1S/C16H13F6N3O3/c17-15(18,19)8-4-10(14(26)27)13(23-5-8)25-6-9(7-25)28-12-3-1-2-11(24-12)16(20,21)22/h1,3-5,9,11H,2,6-7H2,(H,26,27). The monoisotopic (exact) mass is 409 g/mol. The molecule has 1 aromatic rings. The molecule has 0 radical (unpaired) electrons. The lowest BCUT2D eigenvalue weighted by Gasteiger charge is -2.40. The normalized spacial score (nSPS) is 20.6. The van der Waals surface area contributed by atoms with Crippen LogP contribution in [0.25, 0.3) is 0 Å². The summed E-state index contributed by atoms with van der Waals surface area (Å²) in [4.78, 5) is 19.7. The van der Waals surface area contributed by atoms with Gasteiger partial charge in [-0.15, -0.1) is 0 Å². The molecule has 1 aromatic heterocycles. The van der Waals surface area contributed by atoms with E-state index in [2.05, 4.69) is 9.98 Å². The summed E-state index contributed by atoms with van der Waals surface area (Å²) in [5.41, 5.74) is -1.82. The number of ether oxygens (including phenoxy) is 1. The van der Waals surface area contributed by atoms with Crippen LogP contribution in [0, 0.1) is 0 Å². The molecular formula is C16H13F6N3O3. The van der Waals surface area contributed by atoms with E-state index in [-0.39, 0.29) is 31.2 Å². The van der Waals surface area contributed by atoms with E-state index in [0.29, 0.717) is 12.3 Å². The SMILES string of the molecule is O=C(O)c1cc(C(F)(F)F)cnc1N1CC(OC2=NC(C(F)(F)F)CC=C2)C1. The van der Waals surface area contributed by atoms with Gasteiger partial charge in [-0.3, -0.25) is 0 Å². The Balaban J connectivity index is 1.68. The Morgan fingerprint density at radius 2 is 1.89 bits per heavy atom. The molecule has 0 aromatic carbocycles. The summed E-state index contributed by atoms with van der Waals surface area (Å²) in [6.07, 6.45) is -6.99. The number of anilines is 1. The van der Waals surface area contributed by atoms with Crippen molar-refractivity contribution in [2.75, 3.05) is 18.0 Å². The topological polar surface area (TPSA) is 75.0 Å². The second-order valence-corrected chi connectivity index (χ2v) is 6.21. The van der Waals surface area contributed by atoms with E-state index < -0.39 is 41.6 Å². The van der Waals surface area contributed by atoms with Crippen LogP contribution in [-0.4, -0.2) is 53.4 Å². The molecule has 0 spiro atoms.